The minimum Gasteiger partial charge on any atom is -0.478 e. The number of aromatic carboxylic acids is 1. The first-order valence-corrected chi connectivity index (χ1v) is 4.36. The molecular weight excluding hydrogens is 279 g/mol. The van der Waals surface area contributed by atoms with E-state index in [0.717, 1.165) is 10.1 Å². The number of carboxylic acids is 1. The predicted molar refractivity (Wildman–Crippen MR) is 70.5 cm³/mol. The van der Waals surface area contributed by atoms with E-state index < -0.39 is 5.97 Å². The molecular formula is C9H9Cl3O2S. The van der Waals surface area contributed by atoms with E-state index >= 15 is 0 Å². The van der Waals surface area contributed by atoms with Crippen molar-refractivity contribution >= 4 is 64.6 Å². The Morgan fingerprint density at radius 1 is 1.13 bits per heavy atom. The van der Waals surface area contributed by atoms with Gasteiger partial charge in [-0.3, -0.25) is 0 Å². The van der Waals surface area contributed by atoms with Gasteiger partial charge in [-0.05, 0) is 23.6 Å². The highest BCUT2D eigenvalue weighted by Gasteiger charge is 2.07. The number of carbonyl (C=O) groups is 1. The van der Waals surface area contributed by atoms with Crippen LogP contribution in [0.15, 0.2) is 29.6 Å². The van der Waals surface area contributed by atoms with Crippen LogP contribution >= 0.6 is 48.6 Å². The van der Waals surface area contributed by atoms with Gasteiger partial charge in [0.25, 0.3) is 0 Å². The highest BCUT2D eigenvalue weighted by molar-refractivity contribution is 7.17. The van der Waals surface area contributed by atoms with Crippen molar-refractivity contribution in [3.63, 3.8) is 0 Å². The molecule has 0 fully saturated rings. The van der Waals surface area contributed by atoms with E-state index in [2.05, 4.69) is 0 Å². The summed E-state index contributed by atoms with van der Waals surface area (Å²) in [5, 5.41) is 11.5. The summed E-state index contributed by atoms with van der Waals surface area (Å²) < 4.78 is 1.02. The maximum absolute atomic E-state index is 10.7. The lowest BCUT2D eigenvalue weighted by atomic mass is 10.1. The van der Waals surface area contributed by atoms with Gasteiger partial charge < -0.3 is 5.11 Å². The minimum absolute atomic E-state index is 0. The maximum atomic E-state index is 10.7. The Labute approximate surface area is 110 Å². The van der Waals surface area contributed by atoms with Crippen LogP contribution in [0, 0.1) is 0 Å². The van der Waals surface area contributed by atoms with Crippen LogP contribution in [0.1, 0.15) is 10.4 Å². The zero-order valence-electron chi connectivity index (χ0n) is 7.38. The summed E-state index contributed by atoms with van der Waals surface area (Å²) in [4.78, 5) is 10.7. The molecule has 2 aromatic rings. The summed E-state index contributed by atoms with van der Waals surface area (Å²) in [6.07, 6.45) is 0. The summed E-state index contributed by atoms with van der Waals surface area (Å²) in [6, 6.07) is 7.15. The van der Waals surface area contributed by atoms with Crippen LogP contribution in [-0.4, -0.2) is 11.1 Å². The molecule has 0 saturated carbocycles. The first kappa shape index (κ1) is 16.9. The summed E-state index contributed by atoms with van der Waals surface area (Å²) in [5.74, 6) is -0.862. The fourth-order valence-corrected chi connectivity index (χ4v) is 1.99. The molecule has 0 atom stereocenters. The van der Waals surface area contributed by atoms with Crippen molar-refractivity contribution < 1.29 is 9.90 Å². The molecule has 0 bridgehead atoms. The van der Waals surface area contributed by atoms with Crippen molar-refractivity contribution in [2.45, 2.75) is 0 Å². The molecule has 0 radical (unpaired) electrons. The average molecular weight is 288 g/mol. The molecule has 1 aromatic carbocycles. The minimum atomic E-state index is -0.862. The van der Waals surface area contributed by atoms with Gasteiger partial charge in [-0.15, -0.1) is 48.6 Å². The number of benzene rings is 1. The zero-order valence-corrected chi connectivity index (χ0v) is 10.6. The van der Waals surface area contributed by atoms with Gasteiger partial charge in [0.15, 0.2) is 0 Å². The number of fused-ring (bicyclic) bond motifs is 1. The Balaban J connectivity index is 0. The molecule has 0 aliphatic carbocycles. The quantitative estimate of drug-likeness (QED) is 0.864. The number of carboxylic acid groups (broad SMARTS) is 1. The molecule has 2 rings (SSSR count). The van der Waals surface area contributed by atoms with E-state index in [-0.39, 0.29) is 37.2 Å². The third kappa shape index (κ3) is 3.24. The first-order valence-electron chi connectivity index (χ1n) is 3.48. The normalized spacial score (nSPS) is 8.27. The molecule has 0 aliphatic heterocycles. The Morgan fingerprint density at radius 3 is 2.40 bits per heavy atom. The Kier molecular flexibility index (Phi) is 7.79. The van der Waals surface area contributed by atoms with E-state index in [1.54, 1.807) is 23.5 Å². The highest BCUT2D eigenvalue weighted by atomic mass is 35.5. The van der Waals surface area contributed by atoms with Gasteiger partial charge in [-0.1, -0.05) is 6.07 Å². The first-order chi connectivity index (χ1) is 5.79. The zero-order chi connectivity index (χ0) is 8.55. The fraction of sp³-hybridized carbons (Fsp3) is 0. The van der Waals surface area contributed by atoms with Gasteiger partial charge >= 0.3 is 5.97 Å². The Morgan fingerprint density at radius 2 is 1.80 bits per heavy atom. The highest BCUT2D eigenvalue weighted by Crippen LogP contribution is 2.23. The number of hydrogen-bond acceptors (Lipinski definition) is 2. The van der Waals surface area contributed by atoms with Crippen LogP contribution in [0.2, 0.25) is 0 Å². The lowest BCUT2D eigenvalue weighted by Crippen LogP contribution is -1.95. The van der Waals surface area contributed by atoms with Gasteiger partial charge in [0.1, 0.15) is 0 Å². The van der Waals surface area contributed by atoms with Gasteiger partial charge in [-0.2, -0.15) is 0 Å². The van der Waals surface area contributed by atoms with Crippen LogP contribution in [0.25, 0.3) is 10.1 Å². The largest absolute Gasteiger partial charge is 0.478 e. The molecule has 0 saturated heterocycles. The van der Waals surface area contributed by atoms with E-state index in [0.29, 0.717) is 5.56 Å². The molecule has 84 valence electrons. The third-order valence-corrected chi connectivity index (χ3v) is 2.61. The molecule has 0 unspecified atom stereocenters. The monoisotopic (exact) mass is 286 g/mol. The molecule has 1 heterocycles. The second-order valence-corrected chi connectivity index (χ2v) is 3.39. The van der Waals surface area contributed by atoms with Gasteiger partial charge in [0.2, 0.25) is 0 Å². The number of thiophene rings is 1. The van der Waals surface area contributed by atoms with E-state index in [9.17, 15) is 4.79 Å². The molecule has 1 aromatic heterocycles. The molecule has 0 spiro atoms. The summed E-state index contributed by atoms with van der Waals surface area (Å²) >= 11 is 1.56. The van der Waals surface area contributed by atoms with Crippen LogP contribution in [0.5, 0.6) is 0 Å². The molecule has 0 aliphatic rings. The van der Waals surface area contributed by atoms with Gasteiger partial charge in [0.05, 0.1) is 5.56 Å². The van der Waals surface area contributed by atoms with E-state index in [4.69, 9.17) is 5.11 Å². The van der Waals surface area contributed by atoms with Crippen molar-refractivity contribution in [2.75, 3.05) is 0 Å². The molecule has 6 heteroatoms. The number of hydrogen-bond donors (Lipinski definition) is 1. The summed E-state index contributed by atoms with van der Waals surface area (Å²) in [5.41, 5.74) is 0.383. The number of rotatable bonds is 1. The lowest BCUT2D eigenvalue weighted by Gasteiger charge is -1.94. The predicted octanol–water partition coefficient (Wildman–Crippen LogP) is 3.86. The van der Waals surface area contributed by atoms with Gasteiger partial charge in [-0.25, -0.2) is 4.79 Å². The fourth-order valence-electron chi connectivity index (χ4n) is 1.18. The van der Waals surface area contributed by atoms with Crippen molar-refractivity contribution in [1.29, 1.82) is 0 Å². The van der Waals surface area contributed by atoms with Crippen molar-refractivity contribution in [3.05, 3.63) is 35.2 Å². The third-order valence-electron chi connectivity index (χ3n) is 1.73. The molecule has 2 nitrogen and oxygen atoms in total. The standard InChI is InChI=1S/C9H6O2S.3ClH/c10-9(11)7-2-1-3-8-6(7)4-5-12-8;;;/h1-5H,(H,10,11);3*1H. The lowest BCUT2D eigenvalue weighted by molar-refractivity contribution is 0.0699. The maximum Gasteiger partial charge on any atom is 0.336 e. The van der Waals surface area contributed by atoms with E-state index in [1.165, 1.54) is 0 Å². The van der Waals surface area contributed by atoms with Crippen molar-refractivity contribution in [3.8, 4) is 0 Å². The Hall–Kier alpha value is -0.480. The average Bonchev–Trinajstić information content (AvgIpc) is 2.49. The molecule has 0 amide bonds. The smallest absolute Gasteiger partial charge is 0.336 e. The second kappa shape index (κ2) is 6.90. The Bertz CT molecular complexity index is 442. The SMILES string of the molecule is Cl.Cl.Cl.O=C(O)c1cccc2sccc12. The van der Waals surface area contributed by atoms with Crippen LogP contribution in [0.3, 0.4) is 0 Å². The van der Waals surface area contributed by atoms with Crippen LogP contribution in [0.4, 0.5) is 0 Å². The molecule has 15 heavy (non-hydrogen) atoms. The second-order valence-electron chi connectivity index (χ2n) is 2.44. The van der Waals surface area contributed by atoms with Crippen molar-refractivity contribution in [2.24, 2.45) is 0 Å². The van der Waals surface area contributed by atoms with Crippen LogP contribution < -0.4 is 0 Å². The molecule has 1 N–H and O–H groups in total. The van der Waals surface area contributed by atoms with E-state index in [1.807, 2.05) is 17.5 Å². The van der Waals surface area contributed by atoms with Gasteiger partial charge in [0, 0.05) is 10.1 Å². The summed E-state index contributed by atoms with van der Waals surface area (Å²) in [6.45, 7) is 0. The number of halogens is 3. The topological polar surface area (TPSA) is 37.3 Å². The van der Waals surface area contributed by atoms with Crippen LogP contribution in [-0.2, 0) is 0 Å². The summed E-state index contributed by atoms with van der Waals surface area (Å²) in [7, 11) is 0. The van der Waals surface area contributed by atoms with Crippen molar-refractivity contribution in [1.82, 2.24) is 0 Å².